The van der Waals surface area contributed by atoms with E-state index in [0.29, 0.717) is 43.2 Å². The van der Waals surface area contributed by atoms with Crippen molar-refractivity contribution in [3.63, 3.8) is 0 Å². The minimum Gasteiger partial charge on any atom is -0.507 e. The summed E-state index contributed by atoms with van der Waals surface area (Å²) in [5, 5.41) is 11.3. The highest BCUT2D eigenvalue weighted by molar-refractivity contribution is 5.96. The molecule has 0 saturated carbocycles. The van der Waals surface area contributed by atoms with Crippen LogP contribution in [0.3, 0.4) is 0 Å². The number of hydrogen-bond acceptors (Lipinski definition) is 7. The predicted molar refractivity (Wildman–Crippen MR) is 187 cm³/mol. The molecular weight excluding hydrogens is 576 g/mol. The predicted octanol–water partition coefficient (Wildman–Crippen LogP) is 8.47. The number of esters is 2. The number of likely N-dealkylation sites (tertiary alicyclic amines) is 2. The first-order valence-corrected chi connectivity index (χ1v) is 16.9. The second-order valence-corrected chi connectivity index (χ2v) is 16.0. The van der Waals surface area contributed by atoms with Gasteiger partial charge in [-0.05, 0) is 70.7 Å². The van der Waals surface area contributed by atoms with Gasteiger partial charge in [0.15, 0.2) is 5.92 Å². The van der Waals surface area contributed by atoms with E-state index < -0.39 is 35.3 Å². The van der Waals surface area contributed by atoms with Crippen molar-refractivity contribution in [2.75, 3.05) is 14.1 Å². The van der Waals surface area contributed by atoms with Gasteiger partial charge in [-0.1, -0.05) is 66.3 Å². The molecule has 0 amide bonds. The summed E-state index contributed by atoms with van der Waals surface area (Å²) in [6, 6.07) is 3.85. The van der Waals surface area contributed by atoms with E-state index in [9.17, 15) is 14.7 Å². The van der Waals surface area contributed by atoms with E-state index in [-0.39, 0.29) is 22.9 Å². The smallest absolute Gasteiger partial charge is 0.321 e. The molecule has 0 aliphatic carbocycles. The highest BCUT2D eigenvalue weighted by Crippen LogP contribution is 2.43. The van der Waals surface area contributed by atoms with Crippen molar-refractivity contribution < 1.29 is 24.2 Å². The number of aromatic hydroxyl groups is 1. The van der Waals surface area contributed by atoms with Crippen LogP contribution in [0.2, 0.25) is 0 Å². The number of phenols is 1. The van der Waals surface area contributed by atoms with Gasteiger partial charge in [0.25, 0.3) is 0 Å². The average molecular weight is 637 g/mol. The Hall–Kier alpha value is -3.06. The number of rotatable bonds is 10. The van der Waals surface area contributed by atoms with Crippen LogP contribution in [0.5, 0.6) is 5.75 Å². The molecule has 0 radical (unpaired) electrons. The Labute approximate surface area is 278 Å². The van der Waals surface area contributed by atoms with Gasteiger partial charge in [-0.15, -0.1) is 0 Å². The molecule has 2 heterocycles. The van der Waals surface area contributed by atoms with Crippen LogP contribution in [0, 0.1) is 5.92 Å². The fourth-order valence-corrected chi connectivity index (χ4v) is 7.16. The Morgan fingerprint density at radius 3 is 1.93 bits per heavy atom. The quantitative estimate of drug-likeness (QED) is 0.204. The Morgan fingerprint density at radius 1 is 0.978 bits per heavy atom. The van der Waals surface area contributed by atoms with Crippen LogP contribution in [-0.2, 0) is 24.5 Å². The summed E-state index contributed by atoms with van der Waals surface area (Å²) in [5.41, 5.74) is 3.70. The molecule has 3 rings (SSSR count). The van der Waals surface area contributed by atoms with Gasteiger partial charge in [-0.2, -0.15) is 0 Å². The van der Waals surface area contributed by atoms with Crippen LogP contribution >= 0.6 is 0 Å². The van der Waals surface area contributed by atoms with Gasteiger partial charge in [0, 0.05) is 72.2 Å². The molecule has 1 aromatic rings. The van der Waals surface area contributed by atoms with Crippen LogP contribution < -0.4 is 0 Å². The van der Waals surface area contributed by atoms with Gasteiger partial charge in [0.2, 0.25) is 0 Å². The molecule has 46 heavy (non-hydrogen) atoms. The summed E-state index contributed by atoms with van der Waals surface area (Å²) < 4.78 is 12.5. The van der Waals surface area contributed by atoms with E-state index in [1.165, 1.54) is 0 Å². The Kier molecular flexibility index (Phi) is 11.4. The van der Waals surface area contributed by atoms with Crippen LogP contribution in [0.15, 0.2) is 43.3 Å². The molecule has 2 aliphatic heterocycles. The summed E-state index contributed by atoms with van der Waals surface area (Å²) in [7, 11) is 4.02. The van der Waals surface area contributed by atoms with Crippen molar-refractivity contribution in [2.24, 2.45) is 5.92 Å². The fraction of sp³-hybridized carbons (Fsp3) is 0.641. The highest BCUT2D eigenvalue weighted by Gasteiger charge is 2.47. The minimum atomic E-state index is -1.19. The lowest BCUT2D eigenvalue weighted by atomic mass is 9.76. The number of allylic oxidation sites excluding steroid dienone is 1. The molecule has 0 aromatic heterocycles. The lowest BCUT2D eigenvalue weighted by Gasteiger charge is -2.53. The molecule has 1 aromatic carbocycles. The molecule has 7 nitrogen and oxygen atoms in total. The number of phenolic OH excluding ortho intramolecular Hbond substituents is 1. The topological polar surface area (TPSA) is 79.3 Å². The standard InChI is InChI=1S/C39H60N2O5/c1-15-16-17-30(27-20-31(24(2)3)34(42)32(21-27)37(6,7)8)33(35(43)45-28-18-25(4)40(13)26(5)19-28)36(44)46-29-22-38(9,10)41(14)39(11,12)23-29/h20-21,28-30,33,42H,2,4-5,15-19,22-23H2,1,3,6-14H3. The zero-order valence-electron chi connectivity index (χ0n) is 30.5. The first-order valence-electron chi connectivity index (χ1n) is 16.9. The summed E-state index contributed by atoms with van der Waals surface area (Å²) in [6.45, 7) is 31.1. The zero-order chi connectivity index (χ0) is 34.9. The number of benzene rings is 1. The normalized spacial score (nSPS) is 20.7. The van der Waals surface area contributed by atoms with Crippen LogP contribution in [0.25, 0.3) is 5.57 Å². The lowest BCUT2D eigenvalue weighted by molar-refractivity contribution is -0.175. The molecule has 2 atom stereocenters. The van der Waals surface area contributed by atoms with E-state index in [0.717, 1.165) is 35.4 Å². The molecule has 256 valence electrons. The number of nitrogens with zero attached hydrogens (tertiary/aromatic N) is 2. The van der Waals surface area contributed by atoms with Gasteiger partial charge >= 0.3 is 11.9 Å². The first-order chi connectivity index (χ1) is 21.1. The molecular formula is C39H60N2O5. The zero-order valence-corrected chi connectivity index (χ0v) is 30.5. The van der Waals surface area contributed by atoms with E-state index in [2.05, 4.69) is 66.3 Å². The van der Waals surface area contributed by atoms with Crippen molar-refractivity contribution in [3.05, 3.63) is 60.0 Å². The second-order valence-electron chi connectivity index (χ2n) is 16.0. The summed E-state index contributed by atoms with van der Waals surface area (Å²) in [4.78, 5) is 33.1. The molecule has 1 N–H and O–H groups in total. The Morgan fingerprint density at radius 2 is 1.48 bits per heavy atom. The fourth-order valence-electron chi connectivity index (χ4n) is 7.16. The summed E-state index contributed by atoms with van der Waals surface area (Å²) >= 11 is 0. The number of carbonyl (C=O) groups is 2. The minimum absolute atomic E-state index is 0.179. The van der Waals surface area contributed by atoms with Crippen molar-refractivity contribution in [3.8, 4) is 5.75 Å². The van der Waals surface area contributed by atoms with Crippen molar-refractivity contribution in [1.29, 1.82) is 0 Å². The number of unbranched alkanes of at least 4 members (excludes halogenated alkanes) is 1. The van der Waals surface area contributed by atoms with Crippen LogP contribution in [-0.4, -0.2) is 64.2 Å². The number of carbonyl (C=O) groups excluding carboxylic acids is 2. The number of hydrogen-bond donors (Lipinski definition) is 1. The molecule has 2 saturated heterocycles. The SMILES string of the molecule is C=C(C)c1cc(C(CCCC)C(C(=O)OC2CC(=C)N(C)C(=C)C2)C(=O)OC2CC(C)(C)N(C)C(C)(C)C2)cc(C(C)(C)C)c1O. The number of piperidine rings is 2. The molecule has 2 fully saturated rings. The Bertz CT molecular complexity index is 1310. The van der Waals surface area contributed by atoms with Crippen LogP contribution in [0.1, 0.15) is 130 Å². The molecule has 0 bridgehead atoms. The molecule has 2 unspecified atom stereocenters. The second kappa shape index (κ2) is 14.0. The third-order valence-corrected chi connectivity index (χ3v) is 10.3. The lowest BCUT2D eigenvalue weighted by Crippen LogP contribution is -2.60. The summed E-state index contributed by atoms with van der Waals surface area (Å²) in [5.74, 6) is -2.67. The molecule has 2 aliphatic rings. The molecule has 7 heteroatoms. The maximum absolute atomic E-state index is 14.5. The third kappa shape index (κ3) is 8.26. The van der Waals surface area contributed by atoms with Gasteiger partial charge in [-0.25, -0.2) is 0 Å². The van der Waals surface area contributed by atoms with Crippen molar-refractivity contribution in [1.82, 2.24) is 9.80 Å². The van der Waals surface area contributed by atoms with Gasteiger partial charge in [-0.3, -0.25) is 14.5 Å². The highest BCUT2D eigenvalue weighted by atomic mass is 16.6. The van der Waals surface area contributed by atoms with Crippen molar-refractivity contribution in [2.45, 2.75) is 142 Å². The summed E-state index contributed by atoms with van der Waals surface area (Å²) in [6.07, 6.45) is 3.68. The van der Waals surface area contributed by atoms with E-state index >= 15 is 0 Å². The van der Waals surface area contributed by atoms with E-state index in [1.54, 1.807) is 0 Å². The van der Waals surface area contributed by atoms with Gasteiger partial charge in [0.1, 0.15) is 18.0 Å². The average Bonchev–Trinajstić information content (AvgIpc) is 2.91. The maximum Gasteiger partial charge on any atom is 0.321 e. The van der Waals surface area contributed by atoms with Crippen molar-refractivity contribution >= 4 is 17.5 Å². The first kappa shape index (κ1) is 37.4. The van der Waals surface area contributed by atoms with Gasteiger partial charge < -0.3 is 19.5 Å². The monoisotopic (exact) mass is 636 g/mol. The van der Waals surface area contributed by atoms with E-state index in [4.69, 9.17) is 9.47 Å². The maximum atomic E-state index is 14.5. The third-order valence-electron chi connectivity index (χ3n) is 10.3. The molecule has 0 spiro atoms. The Balaban J connectivity index is 2.13. The van der Waals surface area contributed by atoms with Gasteiger partial charge in [0.05, 0.1) is 0 Å². The van der Waals surface area contributed by atoms with Crippen LogP contribution in [0.4, 0.5) is 0 Å². The number of ether oxygens (including phenoxy) is 2. The van der Waals surface area contributed by atoms with E-state index in [1.807, 2.05) is 51.8 Å². The largest absolute Gasteiger partial charge is 0.507 e.